The first-order valence-corrected chi connectivity index (χ1v) is 11.1. The maximum atomic E-state index is 16.7. The van der Waals surface area contributed by atoms with Crippen LogP contribution in [0.2, 0.25) is 0 Å². The van der Waals surface area contributed by atoms with E-state index in [-0.39, 0.29) is 47.1 Å². The van der Waals surface area contributed by atoms with E-state index in [1.165, 1.54) is 12.2 Å². The number of fused-ring (bicyclic) bond motifs is 5. The smallest absolute Gasteiger partial charge is 0.195 e. The molecule has 28 heavy (non-hydrogen) atoms. The molecule has 8 atom stereocenters. The molecule has 0 saturated heterocycles. The minimum Gasteiger partial charge on any atom is -0.290 e. The van der Waals surface area contributed by atoms with Gasteiger partial charge in [-0.2, -0.15) is 0 Å². The molecule has 4 aliphatic rings. The molecule has 154 valence electrons. The van der Waals surface area contributed by atoms with Crippen molar-refractivity contribution in [1.82, 2.24) is 0 Å². The predicted octanol–water partition coefficient (Wildman–Crippen LogP) is 5.38. The molecule has 0 amide bonds. The molecule has 0 aliphatic heterocycles. The largest absolute Gasteiger partial charge is 0.290 e. The van der Waals surface area contributed by atoms with Crippen LogP contribution in [-0.4, -0.2) is 28.7 Å². The predicted molar refractivity (Wildman–Crippen MR) is 104 cm³/mol. The highest BCUT2D eigenvalue weighted by Gasteiger charge is 2.69. The zero-order valence-corrected chi connectivity index (χ0v) is 17.3. The van der Waals surface area contributed by atoms with E-state index >= 15 is 8.78 Å². The quantitative estimate of drug-likeness (QED) is 0.610. The summed E-state index contributed by atoms with van der Waals surface area (Å²) in [6, 6.07) is -0.753. The van der Waals surface area contributed by atoms with Crippen molar-refractivity contribution < 1.29 is 22.8 Å². The van der Waals surface area contributed by atoms with Crippen molar-refractivity contribution in [3.05, 3.63) is 23.8 Å². The van der Waals surface area contributed by atoms with Gasteiger partial charge in [0.2, 0.25) is 0 Å². The van der Waals surface area contributed by atoms with Crippen molar-refractivity contribution in [3.8, 4) is 0 Å². The third-order valence-corrected chi connectivity index (χ3v) is 9.09. The summed E-state index contributed by atoms with van der Waals surface area (Å²) >= 11 is 0.702. The fourth-order valence-electron chi connectivity index (χ4n) is 7.09. The molecule has 0 spiro atoms. The van der Waals surface area contributed by atoms with Crippen LogP contribution in [0.25, 0.3) is 0 Å². The summed E-state index contributed by atoms with van der Waals surface area (Å²) in [4.78, 5) is 24.4. The van der Waals surface area contributed by atoms with Crippen molar-refractivity contribution in [2.75, 3.05) is 6.01 Å². The Balaban J connectivity index is 1.75. The third kappa shape index (κ3) is 2.48. The lowest BCUT2D eigenvalue weighted by Gasteiger charge is -2.60. The van der Waals surface area contributed by atoms with E-state index in [0.717, 1.165) is 0 Å². The minimum atomic E-state index is -1.65. The van der Waals surface area contributed by atoms with Crippen LogP contribution >= 0.6 is 11.8 Å². The SMILES string of the molecule is C[C@@H]1CC2C3C[C@H](F)C4=CC(=O)C=CC4(C)[C@@]3(F)CCC2(C)C1C(=O)SCF. The van der Waals surface area contributed by atoms with Gasteiger partial charge in [-0.25, -0.2) is 13.2 Å². The van der Waals surface area contributed by atoms with Crippen LogP contribution in [0.1, 0.15) is 46.5 Å². The lowest BCUT2D eigenvalue weighted by molar-refractivity contribution is -0.143. The van der Waals surface area contributed by atoms with E-state index in [2.05, 4.69) is 0 Å². The van der Waals surface area contributed by atoms with Gasteiger partial charge in [0.1, 0.15) is 17.8 Å². The van der Waals surface area contributed by atoms with Crippen LogP contribution in [0.4, 0.5) is 13.2 Å². The lowest BCUT2D eigenvalue weighted by atomic mass is 9.46. The van der Waals surface area contributed by atoms with Crippen LogP contribution in [0.3, 0.4) is 0 Å². The number of thioether (sulfide) groups is 1. The zero-order chi connectivity index (χ0) is 20.5. The van der Waals surface area contributed by atoms with E-state index < -0.39 is 34.6 Å². The highest BCUT2D eigenvalue weighted by atomic mass is 32.2. The Labute approximate surface area is 168 Å². The highest BCUT2D eigenvalue weighted by Crippen LogP contribution is 2.70. The molecule has 0 aromatic rings. The molecule has 0 heterocycles. The average molecular weight is 413 g/mol. The first-order valence-electron chi connectivity index (χ1n) is 10.1. The number of carbonyl (C=O) groups is 2. The summed E-state index contributed by atoms with van der Waals surface area (Å²) in [6.07, 6.45) is 4.27. The summed E-state index contributed by atoms with van der Waals surface area (Å²) in [6.45, 7) is 5.71. The standard InChI is InChI=1S/C22H27F3O2S/c1-12-8-14-15-10-17(24)16-9-13(26)4-5-21(16,3)22(15,25)7-6-20(14,2)18(12)19(27)28-11-23/h4-5,9,12,14-15,17-18H,6-8,10-11H2,1-3H3/t12-,14?,15?,17+,18?,20?,21?,22-/m1/s1. The molecule has 0 bridgehead atoms. The van der Waals surface area contributed by atoms with Gasteiger partial charge in [0.25, 0.3) is 0 Å². The van der Waals surface area contributed by atoms with Gasteiger partial charge in [-0.15, -0.1) is 0 Å². The lowest BCUT2D eigenvalue weighted by Crippen LogP contribution is -2.62. The van der Waals surface area contributed by atoms with E-state index in [0.29, 0.717) is 24.6 Å². The molecule has 4 aliphatic carbocycles. The Morgan fingerprint density at radius 2 is 1.96 bits per heavy atom. The molecule has 2 nitrogen and oxygen atoms in total. The Morgan fingerprint density at radius 1 is 1.25 bits per heavy atom. The molecular weight excluding hydrogens is 385 g/mol. The number of halogens is 3. The van der Waals surface area contributed by atoms with Crippen molar-refractivity contribution >= 4 is 22.7 Å². The second kappa shape index (κ2) is 6.48. The molecule has 6 heteroatoms. The van der Waals surface area contributed by atoms with Crippen molar-refractivity contribution in [3.63, 3.8) is 0 Å². The molecule has 3 saturated carbocycles. The Morgan fingerprint density at radius 3 is 2.64 bits per heavy atom. The zero-order valence-electron chi connectivity index (χ0n) is 16.5. The minimum absolute atomic E-state index is 0.0233. The normalized spacial score (nSPS) is 49.9. The van der Waals surface area contributed by atoms with E-state index in [9.17, 15) is 14.0 Å². The summed E-state index contributed by atoms with van der Waals surface area (Å²) in [7, 11) is 0. The van der Waals surface area contributed by atoms with Crippen LogP contribution in [-0.2, 0) is 9.59 Å². The Hall–Kier alpha value is -1.04. The van der Waals surface area contributed by atoms with Crippen LogP contribution in [0.15, 0.2) is 23.8 Å². The molecule has 0 radical (unpaired) electrons. The number of rotatable bonds is 2. The van der Waals surface area contributed by atoms with Crippen molar-refractivity contribution in [2.45, 2.75) is 58.3 Å². The molecule has 0 aromatic carbocycles. The third-order valence-electron chi connectivity index (χ3n) is 8.44. The van der Waals surface area contributed by atoms with E-state index in [1.807, 2.05) is 13.8 Å². The first kappa shape index (κ1) is 20.2. The van der Waals surface area contributed by atoms with Gasteiger partial charge in [-0.05, 0) is 67.6 Å². The maximum absolute atomic E-state index is 16.7. The van der Waals surface area contributed by atoms with Gasteiger partial charge in [-0.3, -0.25) is 9.59 Å². The molecule has 4 rings (SSSR count). The van der Waals surface area contributed by atoms with Gasteiger partial charge < -0.3 is 0 Å². The maximum Gasteiger partial charge on any atom is 0.195 e. The molecule has 5 unspecified atom stereocenters. The van der Waals surface area contributed by atoms with Crippen LogP contribution < -0.4 is 0 Å². The Kier molecular flexibility index (Phi) is 4.68. The molecule has 0 N–H and O–H groups in total. The summed E-state index contributed by atoms with van der Waals surface area (Å²) in [5.74, 6) is -1.24. The van der Waals surface area contributed by atoms with Crippen LogP contribution in [0, 0.1) is 34.5 Å². The highest BCUT2D eigenvalue weighted by molar-refractivity contribution is 8.13. The van der Waals surface area contributed by atoms with Crippen LogP contribution in [0.5, 0.6) is 0 Å². The van der Waals surface area contributed by atoms with Gasteiger partial charge in [0.15, 0.2) is 10.9 Å². The van der Waals surface area contributed by atoms with Gasteiger partial charge in [0, 0.05) is 17.3 Å². The fraction of sp³-hybridized carbons (Fsp3) is 0.727. The topological polar surface area (TPSA) is 34.1 Å². The van der Waals surface area contributed by atoms with E-state index in [1.54, 1.807) is 13.0 Å². The van der Waals surface area contributed by atoms with Gasteiger partial charge in [0.05, 0.1) is 0 Å². The number of alkyl halides is 3. The number of ketones is 1. The average Bonchev–Trinajstić information content (AvgIpc) is 2.90. The molecular formula is C22H27F3O2S. The Bertz CT molecular complexity index is 780. The monoisotopic (exact) mass is 412 g/mol. The molecule has 0 aromatic heterocycles. The van der Waals surface area contributed by atoms with Crippen molar-refractivity contribution in [2.24, 2.45) is 34.5 Å². The number of hydrogen-bond donors (Lipinski definition) is 0. The number of carbonyl (C=O) groups excluding carboxylic acids is 2. The summed E-state index contributed by atoms with van der Waals surface area (Å²) < 4.78 is 44.7. The second-order valence-corrected chi connectivity index (χ2v) is 10.5. The fourth-order valence-corrected chi connectivity index (χ4v) is 7.88. The summed E-state index contributed by atoms with van der Waals surface area (Å²) in [5, 5.41) is -0.158. The second-order valence-electron chi connectivity index (χ2n) is 9.59. The first-order chi connectivity index (χ1) is 13.1. The number of hydrogen-bond acceptors (Lipinski definition) is 3. The molecule has 3 fully saturated rings. The number of allylic oxidation sites excluding steroid dienone is 4. The van der Waals surface area contributed by atoms with E-state index in [4.69, 9.17) is 0 Å². The van der Waals surface area contributed by atoms with Gasteiger partial charge >= 0.3 is 0 Å². The summed E-state index contributed by atoms with van der Waals surface area (Å²) in [5.41, 5.74) is -2.96. The van der Waals surface area contributed by atoms with Gasteiger partial charge in [-0.1, -0.05) is 31.7 Å². The van der Waals surface area contributed by atoms with Crippen molar-refractivity contribution in [1.29, 1.82) is 0 Å².